The second-order valence-electron chi connectivity index (χ2n) is 11.1. The number of aromatic nitrogens is 1. The number of halogens is 1. The topological polar surface area (TPSA) is 64.1 Å². The van der Waals surface area contributed by atoms with E-state index in [0.717, 1.165) is 103 Å². The molecule has 1 aromatic carbocycles. The van der Waals surface area contributed by atoms with Gasteiger partial charge in [-0.25, -0.2) is 4.98 Å². The molecular formula is C27H38ClN3O4S. The van der Waals surface area contributed by atoms with Gasteiger partial charge < -0.3 is 14.2 Å². The molecule has 2 aromatic rings. The highest BCUT2D eigenvalue weighted by Gasteiger charge is 2.56. The molecule has 0 N–H and O–H groups in total. The predicted molar refractivity (Wildman–Crippen MR) is 145 cm³/mol. The van der Waals surface area contributed by atoms with Crippen LogP contribution in [0.2, 0.25) is 0 Å². The van der Waals surface area contributed by atoms with Gasteiger partial charge in [-0.05, 0) is 74.8 Å². The Morgan fingerprint density at radius 2 is 1.69 bits per heavy atom. The van der Waals surface area contributed by atoms with E-state index in [1.165, 1.54) is 19.3 Å². The number of fused-ring (bicyclic) bond motifs is 1. The summed E-state index contributed by atoms with van der Waals surface area (Å²) in [5.74, 6) is 4.01. The van der Waals surface area contributed by atoms with E-state index in [2.05, 4.69) is 4.90 Å². The molecule has 4 aliphatic carbocycles. The van der Waals surface area contributed by atoms with Crippen LogP contribution < -0.4 is 14.4 Å². The lowest BCUT2D eigenvalue weighted by atomic mass is 9.49. The average molecular weight is 536 g/mol. The summed E-state index contributed by atoms with van der Waals surface area (Å²) in [6.07, 6.45) is 8.12. The van der Waals surface area contributed by atoms with E-state index in [-0.39, 0.29) is 17.8 Å². The normalized spacial score (nSPS) is 29.2. The molecule has 1 amide bonds. The molecular weight excluding hydrogens is 498 g/mol. The van der Waals surface area contributed by atoms with Gasteiger partial charge in [0.05, 0.1) is 32.8 Å². The van der Waals surface area contributed by atoms with Crippen molar-refractivity contribution >= 4 is 45.0 Å². The van der Waals surface area contributed by atoms with E-state index in [9.17, 15) is 4.79 Å². The second kappa shape index (κ2) is 10.6. The van der Waals surface area contributed by atoms with Crippen molar-refractivity contribution in [1.82, 2.24) is 9.88 Å². The highest BCUT2D eigenvalue weighted by molar-refractivity contribution is 7.22. The molecule has 198 valence electrons. The van der Waals surface area contributed by atoms with Crippen LogP contribution in [0, 0.1) is 23.2 Å². The van der Waals surface area contributed by atoms with Crippen molar-refractivity contribution in [2.45, 2.75) is 44.9 Å². The average Bonchev–Trinajstić information content (AvgIpc) is 3.31. The molecule has 5 fully saturated rings. The van der Waals surface area contributed by atoms with Crippen molar-refractivity contribution < 1.29 is 19.0 Å². The van der Waals surface area contributed by atoms with Gasteiger partial charge in [0.1, 0.15) is 21.7 Å². The van der Waals surface area contributed by atoms with Crippen molar-refractivity contribution in [3.63, 3.8) is 0 Å². The smallest absolute Gasteiger partial charge is 0.235 e. The molecule has 0 radical (unpaired) electrons. The number of ether oxygens (including phenoxy) is 3. The van der Waals surface area contributed by atoms with Gasteiger partial charge in [0.15, 0.2) is 5.13 Å². The zero-order valence-electron chi connectivity index (χ0n) is 21.4. The van der Waals surface area contributed by atoms with Gasteiger partial charge in [0.2, 0.25) is 5.91 Å². The van der Waals surface area contributed by atoms with E-state index < -0.39 is 0 Å². The van der Waals surface area contributed by atoms with Gasteiger partial charge in [-0.1, -0.05) is 11.3 Å². The summed E-state index contributed by atoms with van der Waals surface area (Å²) in [5, 5.41) is 0.783. The number of methoxy groups -OCH3 is 2. The van der Waals surface area contributed by atoms with Gasteiger partial charge in [0, 0.05) is 26.2 Å². The van der Waals surface area contributed by atoms with Crippen LogP contribution in [-0.2, 0) is 9.53 Å². The first-order chi connectivity index (χ1) is 17.1. The number of anilines is 1. The maximum absolute atomic E-state index is 14.5. The van der Waals surface area contributed by atoms with Crippen molar-refractivity contribution in [2.24, 2.45) is 23.2 Å². The SMILES string of the molecule is COc1ccc(OC)c2sc(N(CCCN3CCOCC3)C(=O)C34CC5CC(CC(C5)C3)C4)nc12.Cl. The Hall–Kier alpha value is -1.61. The fourth-order valence-electron chi connectivity index (χ4n) is 7.61. The van der Waals surface area contributed by atoms with E-state index in [1.54, 1.807) is 25.6 Å². The third-order valence-corrected chi connectivity index (χ3v) is 9.92. The van der Waals surface area contributed by atoms with Crippen molar-refractivity contribution in [1.29, 1.82) is 0 Å². The molecule has 0 spiro atoms. The molecule has 1 aromatic heterocycles. The molecule has 4 saturated carbocycles. The van der Waals surface area contributed by atoms with Crippen molar-refractivity contribution in [3.8, 4) is 11.5 Å². The Morgan fingerprint density at radius 1 is 1.08 bits per heavy atom. The number of thiazole rings is 1. The monoisotopic (exact) mass is 535 g/mol. The van der Waals surface area contributed by atoms with Gasteiger partial charge in [-0.2, -0.15) is 0 Å². The maximum Gasteiger partial charge on any atom is 0.235 e. The van der Waals surface area contributed by atoms with Gasteiger partial charge in [-0.3, -0.25) is 14.6 Å². The first-order valence-electron chi connectivity index (χ1n) is 13.2. The minimum absolute atomic E-state index is 0. The molecule has 2 heterocycles. The predicted octanol–water partition coefficient (Wildman–Crippen LogP) is 5.01. The first-order valence-corrected chi connectivity index (χ1v) is 14.0. The molecule has 36 heavy (non-hydrogen) atoms. The zero-order valence-corrected chi connectivity index (χ0v) is 23.0. The van der Waals surface area contributed by atoms with Crippen LogP contribution in [-0.4, -0.2) is 69.4 Å². The van der Waals surface area contributed by atoms with Gasteiger partial charge in [-0.15, -0.1) is 12.4 Å². The van der Waals surface area contributed by atoms with Gasteiger partial charge >= 0.3 is 0 Å². The fourth-order valence-corrected chi connectivity index (χ4v) is 8.71. The van der Waals surface area contributed by atoms with Crippen molar-refractivity contribution in [3.05, 3.63) is 12.1 Å². The Morgan fingerprint density at radius 3 is 2.31 bits per heavy atom. The number of nitrogens with zero attached hydrogens (tertiary/aromatic N) is 3. The summed E-state index contributed by atoms with van der Waals surface area (Å²) in [4.78, 5) is 23.9. The highest BCUT2D eigenvalue weighted by Crippen LogP contribution is 2.61. The number of hydrogen-bond donors (Lipinski definition) is 0. The summed E-state index contributed by atoms with van der Waals surface area (Å²) < 4.78 is 17.7. The van der Waals surface area contributed by atoms with E-state index in [0.29, 0.717) is 12.5 Å². The fraction of sp³-hybridized carbons (Fsp3) is 0.704. The number of morpholine rings is 1. The Labute approximate surface area is 223 Å². The molecule has 7 nitrogen and oxygen atoms in total. The van der Waals surface area contributed by atoms with Crippen LogP contribution in [0.15, 0.2) is 12.1 Å². The maximum atomic E-state index is 14.5. The number of carbonyl (C=O) groups is 1. The number of amides is 1. The molecule has 7 rings (SSSR count). The van der Waals surface area contributed by atoms with E-state index in [4.69, 9.17) is 19.2 Å². The van der Waals surface area contributed by atoms with Crippen molar-refractivity contribution in [2.75, 3.05) is 58.5 Å². The number of hydrogen-bond acceptors (Lipinski definition) is 7. The van der Waals surface area contributed by atoms with Crippen LogP contribution in [0.4, 0.5) is 5.13 Å². The van der Waals surface area contributed by atoms with E-state index >= 15 is 0 Å². The molecule has 1 aliphatic heterocycles. The molecule has 0 unspecified atom stereocenters. The Kier molecular flexibility index (Phi) is 7.69. The van der Waals surface area contributed by atoms with Crippen LogP contribution in [0.5, 0.6) is 11.5 Å². The third-order valence-electron chi connectivity index (χ3n) is 8.83. The number of rotatable bonds is 8. The highest BCUT2D eigenvalue weighted by atomic mass is 35.5. The molecule has 1 saturated heterocycles. The van der Waals surface area contributed by atoms with Crippen LogP contribution in [0.25, 0.3) is 10.2 Å². The summed E-state index contributed by atoms with van der Waals surface area (Å²) in [7, 11) is 3.35. The molecule has 4 bridgehead atoms. The minimum Gasteiger partial charge on any atom is -0.495 e. The Bertz CT molecular complexity index is 1010. The summed E-state index contributed by atoms with van der Waals surface area (Å²) in [6, 6.07) is 3.82. The summed E-state index contributed by atoms with van der Waals surface area (Å²) >= 11 is 1.56. The van der Waals surface area contributed by atoms with Gasteiger partial charge in [0.25, 0.3) is 0 Å². The summed E-state index contributed by atoms with van der Waals surface area (Å²) in [6.45, 7) is 5.21. The molecule has 9 heteroatoms. The lowest BCUT2D eigenvalue weighted by Crippen LogP contribution is -2.55. The standard InChI is InChI=1S/C27H37N3O4S.ClH/c1-32-21-4-5-22(33-2)24-23(21)28-26(35-24)30(7-3-6-29-8-10-34-11-9-29)25(31)27-15-18-12-19(16-27)14-20(13-18)17-27;/h4-5,18-20H,3,6-17H2,1-2H3;1H. The zero-order chi connectivity index (χ0) is 24.0. The van der Waals surface area contributed by atoms with Crippen LogP contribution in [0.3, 0.4) is 0 Å². The summed E-state index contributed by atoms with van der Waals surface area (Å²) in [5.41, 5.74) is 0.586. The van der Waals surface area contributed by atoms with E-state index in [1.807, 2.05) is 17.0 Å². The lowest BCUT2D eigenvalue weighted by Gasteiger charge is -2.56. The van der Waals surface area contributed by atoms with Crippen LogP contribution >= 0.6 is 23.7 Å². The first kappa shape index (κ1) is 26.0. The number of benzene rings is 1. The largest absolute Gasteiger partial charge is 0.495 e. The second-order valence-corrected chi connectivity index (χ2v) is 12.1. The lowest BCUT2D eigenvalue weighted by molar-refractivity contribution is -0.143. The number of carbonyl (C=O) groups excluding carboxylic acids is 1. The molecule has 5 aliphatic rings. The quantitative estimate of drug-likeness (QED) is 0.473. The minimum atomic E-state index is -0.195. The Balaban J connectivity index is 0.00000267. The third kappa shape index (κ3) is 4.70. The van der Waals surface area contributed by atoms with Crippen LogP contribution in [0.1, 0.15) is 44.9 Å². The molecule has 0 atom stereocenters.